The number of nitrogens with zero attached hydrogens (tertiary/aromatic N) is 1. The van der Waals surface area contributed by atoms with E-state index in [1.54, 1.807) is 6.20 Å². The lowest BCUT2D eigenvalue weighted by atomic mass is 9.93. The second-order valence-corrected chi connectivity index (χ2v) is 6.05. The largest absolute Gasteiger partial charge is 0.391 e. The van der Waals surface area contributed by atoms with Crippen LogP contribution in [0, 0.1) is 0 Å². The first-order valence-corrected chi connectivity index (χ1v) is 7.71. The quantitative estimate of drug-likeness (QED) is 0.795. The van der Waals surface area contributed by atoms with Crippen LogP contribution in [0.5, 0.6) is 0 Å². The van der Waals surface area contributed by atoms with Crippen LogP contribution in [0.4, 0.5) is 9.93 Å². The normalized spacial score (nSPS) is 23.1. The van der Waals surface area contributed by atoms with Crippen LogP contribution in [-0.4, -0.2) is 28.3 Å². The summed E-state index contributed by atoms with van der Waals surface area (Å²) in [5, 5.41) is 16.0. The van der Waals surface area contributed by atoms with Gasteiger partial charge in [-0.1, -0.05) is 26.2 Å². The van der Waals surface area contributed by atoms with Gasteiger partial charge in [-0.05, 0) is 19.3 Å². The number of thiazole rings is 1. The van der Waals surface area contributed by atoms with E-state index < -0.39 is 6.10 Å². The van der Waals surface area contributed by atoms with Gasteiger partial charge in [0.1, 0.15) is 0 Å². The maximum atomic E-state index is 11.8. The maximum absolute atomic E-state index is 11.8. The predicted octanol–water partition coefficient (Wildman–Crippen LogP) is 2.52. The third-order valence-corrected chi connectivity index (χ3v) is 4.29. The molecule has 2 rings (SSSR count). The molecule has 1 aliphatic carbocycles. The van der Waals surface area contributed by atoms with Crippen LogP contribution in [0.2, 0.25) is 0 Å². The fourth-order valence-electron chi connectivity index (χ4n) is 2.31. The van der Waals surface area contributed by atoms with E-state index in [1.807, 2.05) is 0 Å². The Hall–Kier alpha value is -1.14. The van der Waals surface area contributed by atoms with E-state index in [1.165, 1.54) is 16.2 Å². The first-order chi connectivity index (χ1) is 9.19. The minimum absolute atomic E-state index is 0.135. The van der Waals surface area contributed by atoms with E-state index in [0.717, 1.165) is 38.5 Å². The highest BCUT2D eigenvalue weighted by Gasteiger charge is 2.24. The highest BCUT2D eigenvalue weighted by molar-refractivity contribution is 7.15. The van der Waals surface area contributed by atoms with Crippen LogP contribution in [0.3, 0.4) is 0 Å². The van der Waals surface area contributed by atoms with Crippen LogP contribution >= 0.6 is 11.3 Å². The van der Waals surface area contributed by atoms with Crippen LogP contribution < -0.4 is 10.6 Å². The number of urea groups is 1. The number of hydrogen-bond acceptors (Lipinski definition) is 4. The molecule has 0 aliphatic heterocycles. The second kappa shape index (κ2) is 6.86. The van der Waals surface area contributed by atoms with Crippen molar-refractivity contribution in [2.24, 2.45) is 0 Å². The summed E-state index contributed by atoms with van der Waals surface area (Å²) in [4.78, 5) is 17.2. The third-order valence-electron chi connectivity index (χ3n) is 3.32. The summed E-state index contributed by atoms with van der Waals surface area (Å²) < 4.78 is 0. The number of hydrogen-bond donors (Lipinski definition) is 3. The lowest BCUT2D eigenvalue weighted by molar-refractivity contribution is 0.0955. The number of carbonyl (C=O) groups excluding carboxylic acids is 1. The van der Waals surface area contributed by atoms with Crippen LogP contribution in [-0.2, 0) is 6.42 Å². The SMILES string of the molecule is CCCc1cnc(NC(=O)NC2CCCCC2O)s1. The van der Waals surface area contributed by atoms with Gasteiger partial charge in [0, 0.05) is 11.1 Å². The zero-order chi connectivity index (χ0) is 13.7. The van der Waals surface area contributed by atoms with Crippen LogP contribution in [0.15, 0.2) is 6.20 Å². The first kappa shape index (κ1) is 14.3. The molecule has 0 radical (unpaired) electrons. The van der Waals surface area contributed by atoms with Gasteiger partial charge in [0.25, 0.3) is 0 Å². The highest BCUT2D eigenvalue weighted by atomic mass is 32.1. The van der Waals surface area contributed by atoms with E-state index >= 15 is 0 Å². The Bertz CT molecular complexity index is 422. The van der Waals surface area contributed by atoms with Gasteiger partial charge in [-0.15, -0.1) is 11.3 Å². The number of anilines is 1. The molecule has 0 spiro atoms. The van der Waals surface area contributed by atoms with E-state index in [9.17, 15) is 9.90 Å². The molecule has 2 amide bonds. The van der Waals surface area contributed by atoms with Gasteiger partial charge in [-0.25, -0.2) is 9.78 Å². The minimum Gasteiger partial charge on any atom is -0.391 e. The van der Waals surface area contributed by atoms with E-state index in [2.05, 4.69) is 22.5 Å². The molecule has 3 N–H and O–H groups in total. The lowest BCUT2D eigenvalue weighted by Crippen LogP contribution is -2.46. The zero-order valence-electron chi connectivity index (χ0n) is 11.2. The molecule has 19 heavy (non-hydrogen) atoms. The molecule has 5 nitrogen and oxygen atoms in total. The summed E-state index contributed by atoms with van der Waals surface area (Å²) in [6.45, 7) is 2.12. The van der Waals surface area contributed by atoms with E-state index in [0.29, 0.717) is 5.13 Å². The topological polar surface area (TPSA) is 74.2 Å². The summed E-state index contributed by atoms with van der Waals surface area (Å²) in [5.41, 5.74) is 0. The number of carbonyl (C=O) groups is 1. The zero-order valence-corrected chi connectivity index (χ0v) is 12.0. The van der Waals surface area contributed by atoms with Crippen LogP contribution in [0.1, 0.15) is 43.9 Å². The molecule has 106 valence electrons. The van der Waals surface area contributed by atoms with Gasteiger partial charge in [0.05, 0.1) is 12.1 Å². The van der Waals surface area contributed by atoms with Crippen molar-refractivity contribution in [3.05, 3.63) is 11.1 Å². The van der Waals surface area contributed by atoms with Crippen molar-refractivity contribution in [2.45, 2.75) is 57.6 Å². The highest BCUT2D eigenvalue weighted by Crippen LogP contribution is 2.20. The Morgan fingerprint density at radius 1 is 1.53 bits per heavy atom. The maximum Gasteiger partial charge on any atom is 0.321 e. The molecule has 1 saturated carbocycles. The number of aliphatic hydroxyl groups is 1. The number of rotatable bonds is 4. The number of aryl methyl sites for hydroxylation is 1. The Morgan fingerprint density at radius 3 is 3.05 bits per heavy atom. The molecule has 1 aliphatic rings. The summed E-state index contributed by atoms with van der Waals surface area (Å²) in [6, 6.07) is -0.410. The molecule has 0 bridgehead atoms. The molecule has 0 aromatic carbocycles. The van der Waals surface area contributed by atoms with Crippen molar-refractivity contribution in [2.75, 3.05) is 5.32 Å². The molecular weight excluding hydrogens is 262 g/mol. The van der Waals surface area contributed by atoms with Gasteiger partial charge in [-0.3, -0.25) is 5.32 Å². The van der Waals surface area contributed by atoms with Crippen molar-refractivity contribution in [1.82, 2.24) is 10.3 Å². The molecule has 1 aromatic rings. The molecule has 0 saturated heterocycles. The average molecular weight is 283 g/mol. The summed E-state index contributed by atoms with van der Waals surface area (Å²) in [5.74, 6) is 0. The first-order valence-electron chi connectivity index (χ1n) is 6.89. The van der Waals surface area contributed by atoms with Gasteiger partial charge in [0.15, 0.2) is 5.13 Å². The van der Waals surface area contributed by atoms with E-state index in [4.69, 9.17) is 0 Å². The molecule has 6 heteroatoms. The number of aliphatic hydroxyl groups excluding tert-OH is 1. The monoisotopic (exact) mass is 283 g/mol. The smallest absolute Gasteiger partial charge is 0.321 e. The molecule has 2 atom stereocenters. The van der Waals surface area contributed by atoms with Crippen LogP contribution in [0.25, 0.3) is 0 Å². The molecule has 1 aromatic heterocycles. The van der Waals surface area contributed by atoms with E-state index in [-0.39, 0.29) is 12.1 Å². The fraction of sp³-hybridized carbons (Fsp3) is 0.692. The van der Waals surface area contributed by atoms with Gasteiger partial charge in [-0.2, -0.15) is 0 Å². The Morgan fingerprint density at radius 2 is 2.32 bits per heavy atom. The number of aromatic nitrogens is 1. The predicted molar refractivity (Wildman–Crippen MR) is 76.5 cm³/mol. The minimum atomic E-state index is -0.425. The molecule has 1 heterocycles. The van der Waals surface area contributed by atoms with Crippen molar-refractivity contribution >= 4 is 22.5 Å². The fourth-order valence-corrected chi connectivity index (χ4v) is 3.22. The third kappa shape index (κ3) is 4.18. The standard InChI is InChI=1S/C13H21N3O2S/c1-2-5-9-8-14-13(19-9)16-12(18)15-10-6-3-4-7-11(10)17/h8,10-11,17H,2-7H2,1H3,(H2,14,15,16,18). The van der Waals surface area contributed by atoms with Crippen molar-refractivity contribution in [3.8, 4) is 0 Å². The van der Waals surface area contributed by atoms with Gasteiger partial charge < -0.3 is 10.4 Å². The second-order valence-electron chi connectivity index (χ2n) is 4.94. The number of amides is 2. The summed E-state index contributed by atoms with van der Waals surface area (Å²) in [7, 11) is 0. The molecular formula is C13H21N3O2S. The Balaban J connectivity index is 1.82. The lowest BCUT2D eigenvalue weighted by Gasteiger charge is -2.28. The molecule has 2 unspecified atom stereocenters. The average Bonchev–Trinajstić information content (AvgIpc) is 2.80. The molecule has 1 fully saturated rings. The Labute approximate surface area is 117 Å². The summed E-state index contributed by atoms with van der Waals surface area (Å²) >= 11 is 1.50. The van der Waals surface area contributed by atoms with Crippen molar-refractivity contribution in [1.29, 1.82) is 0 Å². The summed E-state index contributed by atoms with van der Waals surface area (Å²) in [6.07, 6.45) is 7.14. The van der Waals surface area contributed by atoms with Crippen molar-refractivity contribution in [3.63, 3.8) is 0 Å². The Kier molecular flexibility index (Phi) is 5.15. The van der Waals surface area contributed by atoms with Gasteiger partial charge >= 0.3 is 6.03 Å². The van der Waals surface area contributed by atoms with Crippen molar-refractivity contribution < 1.29 is 9.90 Å². The van der Waals surface area contributed by atoms with Gasteiger partial charge in [0.2, 0.25) is 0 Å². The number of nitrogens with one attached hydrogen (secondary N) is 2.